The van der Waals surface area contributed by atoms with Crippen molar-refractivity contribution in [2.45, 2.75) is 27.7 Å². The van der Waals surface area contributed by atoms with Crippen LogP contribution in [0, 0.1) is 5.92 Å². The van der Waals surface area contributed by atoms with Gasteiger partial charge in [0, 0.05) is 19.6 Å². The molecule has 0 aliphatic heterocycles. The number of carbonyl (C=O) groups is 1. The van der Waals surface area contributed by atoms with Crippen LogP contribution in [0.4, 0.5) is 0 Å². The molecular formula is C13H25N5O. The SMILES string of the molecule is CCN(CC)CCN(CC(C)C)C(=O)c1cn[nH]n1. The van der Waals surface area contributed by atoms with Crippen molar-refractivity contribution >= 4 is 5.91 Å². The van der Waals surface area contributed by atoms with Gasteiger partial charge in [0.25, 0.3) is 5.91 Å². The highest BCUT2D eigenvalue weighted by Gasteiger charge is 2.19. The lowest BCUT2D eigenvalue weighted by Gasteiger charge is -2.27. The van der Waals surface area contributed by atoms with Gasteiger partial charge in [-0.25, -0.2) is 0 Å². The van der Waals surface area contributed by atoms with Crippen molar-refractivity contribution in [2.24, 2.45) is 5.92 Å². The molecule has 0 saturated heterocycles. The lowest BCUT2D eigenvalue weighted by molar-refractivity contribution is 0.0710. The smallest absolute Gasteiger partial charge is 0.276 e. The number of rotatable bonds is 8. The van der Waals surface area contributed by atoms with Crippen molar-refractivity contribution in [3.63, 3.8) is 0 Å². The maximum absolute atomic E-state index is 12.3. The minimum absolute atomic E-state index is 0.0467. The minimum Gasteiger partial charge on any atom is -0.336 e. The number of amides is 1. The van der Waals surface area contributed by atoms with E-state index in [1.165, 1.54) is 6.20 Å². The molecule has 1 rings (SSSR count). The lowest BCUT2D eigenvalue weighted by atomic mass is 10.2. The number of likely N-dealkylation sites (N-methyl/N-ethyl adjacent to an activating group) is 1. The second-order valence-electron chi connectivity index (χ2n) is 5.03. The van der Waals surface area contributed by atoms with Gasteiger partial charge in [0.2, 0.25) is 0 Å². The van der Waals surface area contributed by atoms with Gasteiger partial charge < -0.3 is 9.80 Å². The van der Waals surface area contributed by atoms with Crippen LogP contribution in [0.3, 0.4) is 0 Å². The Labute approximate surface area is 115 Å². The van der Waals surface area contributed by atoms with Crippen molar-refractivity contribution in [3.8, 4) is 0 Å². The molecule has 0 atom stereocenters. The zero-order valence-corrected chi connectivity index (χ0v) is 12.4. The molecule has 0 bridgehead atoms. The van der Waals surface area contributed by atoms with E-state index < -0.39 is 0 Å². The summed E-state index contributed by atoms with van der Waals surface area (Å²) in [5.41, 5.74) is 0.389. The van der Waals surface area contributed by atoms with Gasteiger partial charge in [-0.05, 0) is 19.0 Å². The topological polar surface area (TPSA) is 65.1 Å². The minimum atomic E-state index is -0.0467. The number of aromatic nitrogens is 3. The van der Waals surface area contributed by atoms with E-state index in [4.69, 9.17) is 0 Å². The fourth-order valence-corrected chi connectivity index (χ4v) is 1.99. The summed E-state index contributed by atoms with van der Waals surface area (Å²) in [5.74, 6) is 0.391. The first-order chi connectivity index (χ1) is 9.08. The third kappa shape index (κ3) is 4.98. The van der Waals surface area contributed by atoms with E-state index in [9.17, 15) is 4.79 Å². The predicted molar refractivity (Wildman–Crippen MR) is 74.9 cm³/mol. The number of hydrogen-bond acceptors (Lipinski definition) is 4. The van der Waals surface area contributed by atoms with Crippen molar-refractivity contribution in [1.82, 2.24) is 25.2 Å². The Morgan fingerprint density at radius 1 is 1.32 bits per heavy atom. The largest absolute Gasteiger partial charge is 0.336 e. The molecule has 1 N–H and O–H groups in total. The first-order valence-electron chi connectivity index (χ1n) is 6.95. The number of carbonyl (C=O) groups excluding carboxylic acids is 1. The van der Waals surface area contributed by atoms with E-state index in [0.29, 0.717) is 11.6 Å². The Balaban J connectivity index is 2.64. The molecule has 0 aliphatic carbocycles. The molecular weight excluding hydrogens is 242 g/mol. The molecule has 0 spiro atoms. The average Bonchev–Trinajstić information content (AvgIpc) is 2.91. The van der Waals surface area contributed by atoms with Gasteiger partial charge in [-0.3, -0.25) is 4.79 Å². The zero-order valence-electron chi connectivity index (χ0n) is 12.4. The van der Waals surface area contributed by atoms with Crippen LogP contribution in [-0.4, -0.2) is 63.8 Å². The molecule has 108 valence electrons. The van der Waals surface area contributed by atoms with E-state index in [0.717, 1.165) is 32.7 Å². The standard InChI is InChI=1S/C13H25N5O/c1-5-17(6-2)7-8-18(10-11(3)4)13(19)12-9-14-16-15-12/h9,11H,5-8,10H2,1-4H3,(H,14,15,16). The first-order valence-corrected chi connectivity index (χ1v) is 6.95. The molecule has 1 aromatic heterocycles. The number of nitrogens with one attached hydrogen (secondary N) is 1. The normalized spacial score (nSPS) is 11.3. The number of aromatic amines is 1. The number of hydrogen-bond donors (Lipinski definition) is 1. The van der Waals surface area contributed by atoms with E-state index in [2.05, 4.69) is 48.0 Å². The Bertz CT molecular complexity index is 359. The van der Waals surface area contributed by atoms with E-state index in [-0.39, 0.29) is 5.91 Å². The molecule has 1 aromatic rings. The summed E-state index contributed by atoms with van der Waals surface area (Å²) in [6, 6.07) is 0. The van der Waals surface area contributed by atoms with Crippen LogP contribution in [0.5, 0.6) is 0 Å². The van der Waals surface area contributed by atoms with E-state index in [1.54, 1.807) is 0 Å². The van der Waals surface area contributed by atoms with Crippen LogP contribution in [-0.2, 0) is 0 Å². The van der Waals surface area contributed by atoms with E-state index >= 15 is 0 Å². The Morgan fingerprint density at radius 3 is 2.47 bits per heavy atom. The predicted octanol–water partition coefficient (Wildman–Crippen LogP) is 1.24. The van der Waals surface area contributed by atoms with Gasteiger partial charge in [0.15, 0.2) is 5.69 Å². The van der Waals surface area contributed by atoms with Crippen LogP contribution < -0.4 is 0 Å². The molecule has 1 amide bonds. The lowest BCUT2D eigenvalue weighted by Crippen LogP contribution is -2.40. The molecule has 0 saturated carbocycles. The van der Waals surface area contributed by atoms with Crippen LogP contribution in [0.2, 0.25) is 0 Å². The molecule has 6 heteroatoms. The summed E-state index contributed by atoms with van der Waals surface area (Å²) < 4.78 is 0. The summed E-state index contributed by atoms with van der Waals surface area (Å²) in [7, 11) is 0. The Kier molecular flexibility index (Phi) is 6.49. The van der Waals surface area contributed by atoms with Gasteiger partial charge in [0.05, 0.1) is 6.20 Å². The fraction of sp³-hybridized carbons (Fsp3) is 0.769. The molecule has 0 unspecified atom stereocenters. The molecule has 6 nitrogen and oxygen atoms in total. The van der Waals surface area contributed by atoms with Crippen molar-refractivity contribution < 1.29 is 4.79 Å². The van der Waals surface area contributed by atoms with Gasteiger partial charge in [-0.15, -0.1) is 0 Å². The molecule has 0 radical (unpaired) electrons. The van der Waals surface area contributed by atoms with Gasteiger partial charge in [0.1, 0.15) is 0 Å². The quantitative estimate of drug-likeness (QED) is 0.769. The Morgan fingerprint density at radius 2 is 2.00 bits per heavy atom. The molecule has 0 aliphatic rings. The summed E-state index contributed by atoms with van der Waals surface area (Å²) in [6.45, 7) is 12.9. The molecule has 0 fully saturated rings. The number of H-pyrrole nitrogens is 1. The van der Waals surface area contributed by atoms with E-state index in [1.807, 2.05) is 4.90 Å². The summed E-state index contributed by atoms with van der Waals surface area (Å²) in [4.78, 5) is 16.5. The highest BCUT2D eigenvalue weighted by atomic mass is 16.2. The zero-order chi connectivity index (χ0) is 14.3. The van der Waals surface area contributed by atoms with Crippen LogP contribution >= 0.6 is 0 Å². The molecule has 19 heavy (non-hydrogen) atoms. The van der Waals surface area contributed by atoms with Crippen LogP contribution in [0.15, 0.2) is 6.20 Å². The third-order valence-electron chi connectivity index (χ3n) is 3.09. The van der Waals surface area contributed by atoms with Gasteiger partial charge >= 0.3 is 0 Å². The fourth-order valence-electron chi connectivity index (χ4n) is 1.99. The van der Waals surface area contributed by atoms with Gasteiger partial charge in [-0.1, -0.05) is 27.7 Å². The first kappa shape index (κ1) is 15.6. The summed E-state index contributed by atoms with van der Waals surface area (Å²) in [5, 5.41) is 10.1. The molecule has 0 aromatic carbocycles. The molecule has 1 heterocycles. The van der Waals surface area contributed by atoms with Crippen molar-refractivity contribution in [3.05, 3.63) is 11.9 Å². The maximum Gasteiger partial charge on any atom is 0.276 e. The highest BCUT2D eigenvalue weighted by molar-refractivity contribution is 5.91. The van der Waals surface area contributed by atoms with Gasteiger partial charge in [-0.2, -0.15) is 15.4 Å². The van der Waals surface area contributed by atoms with Crippen LogP contribution in [0.25, 0.3) is 0 Å². The summed E-state index contributed by atoms with van der Waals surface area (Å²) in [6.07, 6.45) is 1.48. The Hall–Kier alpha value is -1.43. The van der Waals surface area contributed by atoms with Crippen LogP contribution in [0.1, 0.15) is 38.2 Å². The monoisotopic (exact) mass is 267 g/mol. The maximum atomic E-state index is 12.3. The highest BCUT2D eigenvalue weighted by Crippen LogP contribution is 2.05. The summed E-state index contributed by atoms with van der Waals surface area (Å²) >= 11 is 0. The second-order valence-corrected chi connectivity index (χ2v) is 5.03. The average molecular weight is 267 g/mol. The second kappa shape index (κ2) is 7.89. The van der Waals surface area contributed by atoms with Crippen molar-refractivity contribution in [1.29, 1.82) is 0 Å². The van der Waals surface area contributed by atoms with Crippen molar-refractivity contribution in [2.75, 3.05) is 32.7 Å². The number of nitrogens with zero attached hydrogens (tertiary/aromatic N) is 4. The third-order valence-corrected chi connectivity index (χ3v) is 3.09.